The third-order valence-electron chi connectivity index (χ3n) is 3.78. The molecule has 0 heterocycles. The Hall–Kier alpha value is -3.67. The van der Waals surface area contributed by atoms with Gasteiger partial charge in [-0.2, -0.15) is 0 Å². The molecule has 0 saturated heterocycles. The van der Waals surface area contributed by atoms with E-state index in [0.29, 0.717) is 11.3 Å². The van der Waals surface area contributed by atoms with Crippen molar-refractivity contribution in [1.82, 2.24) is 0 Å². The summed E-state index contributed by atoms with van der Waals surface area (Å²) in [5.74, 6) is -1.69. The van der Waals surface area contributed by atoms with E-state index in [1.54, 1.807) is 30.3 Å². The van der Waals surface area contributed by atoms with Crippen LogP contribution in [0.25, 0.3) is 0 Å². The van der Waals surface area contributed by atoms with Crippen LogP contribution >= 0.6 is 0 Å². The van der Waals surface area contributed by atoms with Crippen molar-refractivity contribution in [3.63, 3.8) is 0 Å². The minimum Gasteiger partial charge on any atom is -0.508 e. The fourth-order valence-corrected chi connectivity index (χ4v) is 2.41. The van der Waals surface area contributed by atoms with E-state index in [2.05, 4.69) is 5.32 Å². The maximum Gasteiger partial charge on any atom is 0.339 e. The van der Waals surface area contributed by atoms with Crippen LogP contribution in [0.4, 0.5) is 10.1 Å². The van der Waals surface area contributed by atoms with Crippen molar-refractivity contribution in [1.29, 1.82) is 0 Å². The second kappa shape index (κ2) is 8.14. The number of esters is 1. The Morgan fingerprint density at radius 1 is 0.889 bits per heavy atom. The molecule has 0 saturated carbocycles. The highest BCUT2D eigenvalue weighted by atomic mass is 19.1. The normalized spacial score (nSPS) is 11.4. The molecule has 0 aliphatic rings. The van der Waals surface area contributed by atoms with Crippen molar-refractivity contribution in [3.8, 4) is 5.75 Å². The number of anilines is 1. The Kier molecular flexibility index (Phi) is 5.47. The molecule has 0 spiro atoms. The average molecular weight is 365 g/mol. The van der Waals surface area contributed by atoms with Gasteiger partial charge in [0.15, 0.2) is 0 Å². The minimum atomic E-state index is -1.20. The quantitative estimate of drug-likeness (QED) is 0.669. The van der Waals surface area contributed by atoms with Crippen LogP contribution in [-0.4, -0.2) is 17.0 Å². The number of phenolic OH excluding ortho intramolecular Hbond substituents is 1. The van der Waals surface area contributed by atoms with Gasteiger partial charge in [0.2, 0.25) is 6.10 Å². The van der Waals surface area contributed by atoms with Gasteiger partial charge in [-0.1, -0.05) is 30.3 Å². The Morgan fingerprint density at radius 2 is 1.52 bits per heavy atom. The predicted molar refractivity (Wildman–Crippen MR) is 97.7 cm³/mol. The number of carbonyl (C=O) groups is 2. The lowest BCUT2D eigenvalue weighted by atomic mass is 10.1. The van der Waals surface area contributed by atoms with Crippen molar-refractivity contribution in [3.05, 3.63) is 95.8 Å². The number of nitrogens with one attached hydrogen (secondary N) is 1. The molecule has 2 N–H and O–H groups in total. The van der Waals surface area contributed by atoms with Gasteiger partial charge in [0, 0.05) is 11.3 Å². The molecule has 6 heteroatoms. The number of halogens is 1. The van der Waals surface area contributed by atoms with Gasteiger partial charge < -0.3 is 15.2 Å². The maximum atomic E-state index is 13.0. The van der Waals surface area contributed by atoms with Crippen molar-refractivity contribution < 1.29 is 23.8 Å². The first kappa shape index (κ1) is 18.1. The van der Waals surface area contributed by atoms with Gasteiger partial charge >= 0.3 is 5.97 Å². The number of aromatic hydroxyl groups is 1. The summed E-state index contributed by atoms with van der Waals surface area (Å²) in [6.45, 7) is 0. The molecular formula is C21H16FNO4. The lowest BCUT2D eigenvalue weighted by molar-refractivity contribution is -0.125. The standard InChI is InChI=1S/C21H16FNO4/c22-16-8-10-17(11-9-16)23-20(25)19(14-4-2-1-3-5-14)27-21(26)15-6-12-18(24)13-7-15/h1-13,19,24H,(H,23,25)/t19-/m0/s1. The van der Waals surface area contributed by atoms with Crippen molar-refractivity contribution in [2.45, 2.75) is 6.10 Å². The van der Waals surface area contributed by atoms with E-state index in [1.165, 1.54) is 48.5 Å². The minimum absolute atomic E-state index is 0.0141. The summed E-state index contributed by atoms with van der Waals surface area (Å²) >= 11 is 0. The Labute approximate surface area is 155 Å². The van der Waals surface area contributed by atoms with Crippen LogP contribution in [0.5, 0.6) is 5.75 Å². The van der Waals surface area contributed by atoms with E-state index < -0.39 is 23.8 Å². The molecular weight excluding hydrogens is 349 g/mol. The summed E-state index contributed by atoms with van der Waals surface area (Å²) in [4.78, 5) is 25.1. The van der Waals surface area contributed by atoms with Gasteiger partial charge in [-0.15, -0.1) is 0 Å². The van der Waals surface area contributed by atoms with Crippen LogP contribution in [0.2, 0.25) is 0 Å². The van der Waals surface area contributed by atoms with Gasteiger partial charge in [-0.05, 0) is 48.5 Å². The number of rotatable bonds is 5. The number of phenols is 1. The third kappa shape index (κ3) is 4.70. The highest BCUT2D eigenvalue weighted by Gasteiger charge is 2.25. The molecule has 3 rings (SSSR count). The smallest absolute Gasteiger partial charge is 0.339 e. The SMILES string of the molecule is O=C(O[C@H](C(=O)Nc1ccc(F)cc1)c1ccccc1)c1ccc(O)cc1. The molecule has 3 aromatic carbocycles. The van der Waals surface area contributed by atoms with Crippen molar-refractivity contribution in [2.75, 3.05) is 5.32 Å². The molecule has 0 aromatic heterocycles. The molecule has 1 amide bonds. The van der Waals surface area contributed by atoms with Crippen LogP contribution in [0.3, 0.4) is 0 Å². The van der Waals surface area contributed by atoms with E-state index in [4.69, 9.17) is 4.74 Å². The van der Waals surface area contributed by atoms with Crippen LogP contribution < -0.4 is 5.32 Å². The topological polar surface area (TPSA) is 75.6 Å². The number of carbonyl (C=O) groups excluding carboxylic acids is 2. The summed E-state index contributed by atoms with van der Waals surface area (Å²) in [6.07, 6.45) is -1.20. The molecule has 0 fully saturated rings. The number of amides is 1. The molecule has 3 aromatic rings. The zero-order chi connectivity index (χ0) is 19.2. The average Bonchev–Trinajstić information content (AvgIpc) is 2.69. The highest BCUT2D eigenvalue weighted by molar-refractivity contribution is 5.98. The van der Waals surface area contributed by atoms with E-state index in [-0.39, 0.29) is 11.3 Å². The van der Waals surface area contributed by atoms with E-state index >= 15 is 0 Å². The first-order chi connectivity index (χ1) is 13.0. The molecule has 5 nitrogen and oxygen atoms in total. The molecule has 0 aliphatic heterocycles. The Balaban J connectivity index is 1.82. The Morgan fingerprint density at radius 3 is 2.15 bits per heavy atom. The molecule has 136 valence electrons. The number of ether oxygens (including phenoxy) is 1. The predicted octanol–water partition coefficient (Wildman–Crippen LogP) is 4.07. The zero-order valence-electron chi connectivity index (χ0n) is 14.1. The fraction of sp³-hybridized carbons (Fsp3) is 0.0476. The Bertz CT molecular complexity index is 925. The van der Waals surface area contributed by atoms with Crippen molar-refractivity contribution in [2.24, 2.45) is 0 Å². The van der Waals surface area contributed by atoms with Gasteiger partial charge in [0.1, 0.15) is 11.6 Å². The highest BCUT2D eigenvalue weighted by Crippen LogP contribution is 2.22. The van der Waals surface area contributed by atoms with Crippen LogP contribution in [0.1, 0.15) is 22.0 Å². The zero-order valence-corrected chi connectivity index (χ0v) is 14.1. The summed E-state index contributed by atoms with van der Waals surface area (Å²) in [5.41, 5.74) is 1.07. The van der Waals surface area contributed by atoms with Crippen LogP contribution in [0.15, 0.2) is 78.9 Å². The van der Waals surface area contributed by atoms with Crippen LogP contribution in [0, 0.1) is 5.82 Å². The van der Waals surface area contributed by atoms with E-state index in [1.807, 2.05) is 0 Å². The first-order valence-electron chi connectivity index (χ1n) is 8.14. The lowest BCUT2D eigenvalue weighted by Gasteiger charge is -2.18. The third-order valence-corrected chi connectivity index (χ3v) is 3.78. The van der Waals surface area contributed by atoms with Crippen LogP contribution in [-0.2, 0) is 9.53 Å². The van der Waals surface area contributed by atoms with Crippen molar-refractivity contribution >= 4 is 17.6 Å². The molecule has 0 aliphatic carbocycles. The number of benzene rings is 3. The second-order valence-corrected chi connectivity index (χ2v) is 5.74. The number of hydrogen-bond donors (Lipinski definition) is 2. The summed E-state index contributed by atoms with van der Waals surface area (Å²) in [6, 6.07) is 19.3. The molecule has 27 heavy (non-hydrogen) atoms. The van der Waals surface area contributed by atoms with Gasteiger partial charge in [-0.25, -0.2) is 9.18 Å². The van der Waals surface area contributed by atoms with Gasteiger partial charge in [0.25, 0.3) is 5.91 Å². The lowest BCUT2D eigenvalue weighted by Crippen LogP contribution is -2.26. The largest absolute Gasteiger partial charge is 0.508 e. The van der Waals surface area contributed by atoms with E-state index in [0.717, 1.165) is 0 Å². The summed E-state index contributed by atoms with van der Waals surface area (Å²) in [7, 11) is 0. The van der Waals surface area contributed by atoms with Gasteiger partial charge in [0.05, 0.1) is 5.56 Å². The van der Waals surface area contributed by atoms with Gasteiger partial charge in [-0.3, -0.25) is 4.79 Å². The molecule has 0 bridgehead atoms. The monoisotopic (exact) mass is 365 g/mol. The molecule has 1 atom stereocenters. The number of hydrogen-bond acceptors (Lipinski definition) is 4. The summed E-state index contributed by atoms with van der Waals surface area (Å²) in [5, 5.41) is 11.9. The molecule has 0 unspecified atom stereocenters. The molecule has 0 radical (unpaired) electrons. The van der Waals surface area contributed by atoms with E-state index in [9.17, 15) is 19.1 Å². The fourth-order valence-electron chi connectivity index (χ4n) is 2.41. The first-order valence-corrected chi connectivity index (χ1v) is 8.14. The maximum absolute atomic E-state index is 13.0. The summed E-state index contributed by atoms with van der Waals surface area (Å²) < 4.78 is 18.4. The second-order valence-electron chi connectivity index (χ2n) is 5.74.